The van der Waals surface area contributed by atoms with E-state index in [1.807, 2.05) is 30.9 Å². The first kappa shape index (κ1) is 13.5. The lowest BCUT2D eigenvalue weighted by Gasteiger charge is -2.20. The summed E-state index contributed by atoms with van der Waals surface area (Å²) in [5.74, 6) is 2.16. The minimum absolute atomic E-state index is 0.0425. The number of nitrogens with two attached hydrogens (primary N) is 1. The Kier molecular flexibility index (Phi) is 3.94. The molecule has 0 fully saturated rings. The highest BCUT2D eigenvalue weighted by Gasteiger charge is 2.29. The topological polar surface area (TPSA) is 48.1 Å². The van der Waals surface area contributed by atoms with Crippen LogP contribution < -0.4 is 10.5 Å². The van der Waals surface area contributed by atoms with Gasteiger partial charge in [-0.25, -0.2) is 0 Å². The molecule has 104 valence electrons. The van der Waals surface area contributed by atoms with Crippen LogP contribution in [0.3, 0.4) is 0 Å². The summed E-state index contributed by atoms with van der Waals surface area (Å²) in [6.45, 7) is 2.61. The van der Waals surface area contributed by atoms with Crippen LogP contribution in [-0.4, -0.2) is 17.3 Å². The van der Waals surface area contributed by atoms with Crippen LogP contribution in [0.25, 0.3) is 0 Å². The Morgan fingerprint density at radius 2 is 2.25 bits per heavy atom. The van der Waals surface area contributed by atoms with Gasteiger partial charge in [-0.15, -0.1) is 11.8 Å². The predicted octanol–water partition coefficient (Wildman–Crippen LogP) is 3.37. The summed E-state index contributed by atoms with van der Waals surface area (Å²) < 4.78 is 5.51. The maximum atomic E-state index is 6.47. The second-order valence-corrected chi connectivity index (χ2v) is 5.93. The lowest BCUT2D eigenvalue weighted by Crippen LogP contribution is -2.20. The third kappa shape index (κ3) is 2.53. The molecular formula is C16H18N2OS. The Morgan fingerprint density at radius 1 is 1.40 bits per heavy atom. The van der Waals surface area contributed by atoms with Gasteiger partial charge >= 0.3 is 0 Å². The van der Waals surface area contributed by atoms with Crippen molar-refractivity contribution in [1.29, 1.82) is 0 Å². The van der Waals surface area contributed by atoms with Crippen molar-refractivity contribution in [3.63, 3.8) is 0 Å². The van der Waals surface area contributed by atoms with E-state index in [9.17, 15) is 0 Å². The van der Waals surface area contributed by atoms with Crippen LogP contribution in [0, 0.1) is 0 Å². The number of nitrogens with zero attached hydrogens (tertiary/aromatic N) is 1. The molecule has 3 rings (SSSR count). The number of hydrogen-bond donors (Lipinski definition) is 1. The van der Waals surface area contributed by atoms with Gasteiger partial charge in [0.2, 0.25) is 0 Å². The Hall–Kier alpha value is -1.52. The van der Waals surface area contributed by atoms with E-state index in [1.54, 1.807) is 6.20 Å². The Labute approximate surface area is 123 Å². The van der Waals surface area contributed by atoms with Crippen molar-refractivity contribution >= 4 is 11.8 Å². The zero-order chi connectivity index (χ0) is 13.9. The van der Waals surface area contributed by atoms with Gasteiger partial charge in [0.05, 0.1) is 12.8 Å². The van der Waals surface area contributed by atoms with Crippen LogP contribution in [0.5, 0.6) is 5.75 Å². The van der Waals surface area contributed by atoms with E-state index in [2.05, 4.69) is 29.2 Å². The van der Waals surface area contributed by atoms with Gasteiger partial charge in [0.15, 0.2) is 0 Å². The van der Waals surface area contributed by atoms with Crippen molar-refractivity contribution < 1.29 is 4.74 Å². The van der Waals surface area contributed by atoms with E-state index in [0.717, 1.165) is 17.1 Å². The molecule has 0 spiro atoms. The van der Waals surface area contributed by atoms with Gasteiger partial charge in [-0.1, -0.05) is 18.2 Å². The second kappa shape index (κ2) is 5.85. The third-order valence-corrected chi connectivity index (χ3v) is 4.81. The molecule has 4 heteroatoms. The van der Waals surface area contributed by atoms with Gasteiger partial charge in [-0.05, 0) is 30.2 Å². The zero-order valence-electron chi connectivity index (χ0n) is 11.5. The quantitative estimate of drug-likeness (QED) is 0.936. The molecule has 0 bridgehead atoms. The fraction of sp³-hybridized carbons (Fsp3) is 0.312. The Morgan fingerprint density at radius 3 is 3.10 bits per heavy atom. The number of rotatable bonds is 4. The van der Waals surface area contributed by atoms with Crippen molar-refractivity contribution in [2.75, 3.05) is 12.4 Å². The van der Waals surface area contributed by atoms with Crippen molar-refractivity contribution in [3.8, 4) is 5.75 Å². The van der Waals surface area contributed by atoms with Gasteiger partial charge in [-0.3, -0.25) is 4.98 Å². The average molecular weight is 286 g/mol. The van der Waals surface area contributed by atoms with Gasteiger partial charge in [0.25, 0.3) is 0 Å². The summed E-state index contributed by atoms with van der Waals surface area (Å²) in [4.78, 5) is 5.59. The molecule has 2 aromatic rings. The molecule has 2 atom stereocenters. The van der Waals surface area contributed by atoms with Crippen LogP contribution >= 0.6 is 11.8 Å². The van der Waals surface area contributed by atoms with Gasteiger partial charge in [0, 0.05) is 28.8 Å². The van der Waals surface area contributed by atoms with E-state index in [1.165, 1.54) is 10.5 Å². The predicted molar refractivity (Wildman–Crippen MR) is 82.2 cm³/mol. The molecule has 1 aliphatic rings. The molecule has 0 aliphatic carbocycles. The molecule has 0 saturated carbocycles. The lowest BCUT2D eigenvalue weighted by molar-refractivity contribution is 0.338. The molecule has 2 heterocycles. The fourth-order valence-corrected chi connectivity index (χ4v) is 3.89. The highest BCUT2D eigenvalue weighted by atomic mass is 32.2. The molecule has 3 nitrogen and oxygen atoms in total. The lowest BCUT2D eigenvalue weighted by atomic mass is 9.90. The van der Waals surface area contributed by atoms with E-state index in [0.29, 0.717) is 12.5 Å². The molecule has 1 aliphatic heterocycles. The van der Waals surface area contributed by atoms with Crippen molar-refractivity contribution in [2.24, 2.45) is 5.73 Å². The largest absolute Gasteiger partial charge is 0.492 e. The van der Waals surface area contributed by atoms with Crippen molar-refractivity contribution in [3.05, 3.63) is 53.9 Å². The molecule has 1 aromatic heterocycles. The van der Waals surface area contributed by atoms with Crippen molar-refractivity contribution in [2.45, 2.75) is 23.8 Å². The second-order valence-electron chi connectivity index (χ2n) is 4.87. The minimum atomic E-state index is -0.0425. The first-order valence-electron chi connectivity index (χ1n) is 6.84. The van der Waals surface area contributed by atoms with E-state index >= 15 is 0 Å². The Bertz CT molecular complexity index is 603. The number of aromatic nitrogens is 1. The maximum absolute atomic E-state index is 6.47. The number of benzene rings is 1. The molecule has 2 unspecified atom stereocenters. The fourth-order valence-electron chi connectivity index (χ4n) is 2.58. The molecule has 0 saturated heterocycles. The van der Waals surface area contributed by atoms with Gasteiger partial charge < -0.3 is 10.5 Å². The highest BCUT2D eigenvalue weighted by molar-refractivity contribution is 7.99. The first-order chi connectivity index (χ1) is 9.79. The van der Waals surface area contributed by atoms with Crippen LogP contribution in [0.2, 0.25) is 0 Å². The standard InChI is InChI=1S/C16H18N2OS/c1-2-19-12-7-11(8-18-9-12)16(17)14-10-20-15-6-4-3-5-13(14)15/h3-9,14,16H,2,10,17H2,1H3. The van der Waals surface area contributed by atoms with E-state index in [4.69, 9.17) is 10.5 Å². The normalized spacial score (nSPS) is 18.6. The van der Waals surface area contributed by atoms with Gasteiger partial charge in [-0.2, -0.15) is 0 Å². The molecule has 0 radical (unpaired) electrons. The van der Waals surface area contributed by atoms with Gasteiger partial charge in [0.1, 0.15) is 5.75 Å². The van der Waals surface area contributed by atoms with Crippen LogP contribution in [0.4, 0.5) is 0 Å². The molecule has 0 amide bonds. The number of ether oxygens (including phenoxy) is 1. The molecule has 2 N–H and O–H groups in total. The third-order valence-electron chi connectivity index (χ3n) is 3.60. The summed E-state index contributed by atoms with van der Waals surface area (Å²) in [5, 5.41) is 0. The molecule has 1 aromatic carbocycles. The van der Waals surface area contributed by atoms with Crippen LogP contribution in [0.1, 0.15) is 30.0 Å². The molecule has 20 heavy (non-hydrogen) atoms. The summed E-state index contributed by atoms with van der Waals surface area (Å²) >= 11 is 1.88. The highest BCUT2D eigenvalue weighted by Crippen LogP contribution is 2.44. The Balaban J connectivity index is 1.86. The minimum Gasteiger partial charge on any atom is -0.492 e. The smallest absolute Gasteiger partial charge is 0.137 e. The summed E-state index contributed by atoms with van der Waals surface area (Å²) in [7, 11) is 0. The van der Waals surface area contributed by atoms with Crippen LogP contribution in [0.15, 0.2) is 47.6 Å². The maximum Gasteiger partial charge on any atom is 0.137 e. The van der Waals surface area contributed by atoms with Crippen LogP contribution in [-0.2, 0) is 0 Å². The summed E-state index contributed by atoms with van der Waals surface area (Å²) in [6, 6.07) is 10.5. The molecular weight excluding hydrogens is 268 g/mol. The number of hydrogen-bond acceptors (Lipinski definition) is 4. The monoisotopic (exact) mass is 286 g/mol. The SMILES string of the molecule is CCOc1cncc(C(N)C2CSc3ccccc32)c1. The average Bonchev–Trinajstić information content (AvgIpc) is 2.91. The van der Waals surface area contributed by atoms with E-state index < -0.39 is 0 Å². The number of thioether (sulfide) groups is 1. The first-order valence-corrected chi connectivity index (χ1v) is 7.83. The van der Waals surface area contributed by atoms with Crippen molar-refractivity contribution in [1.82, 2.24) is 4.98 Å². The zero-order valence-corrected chi connectivity index (χ0v) is 12.3. The summed E-state index contributed by atoms with van der Waals surface area (Å²) in [5.41, 5.74) is 8.86. The summed E-state index contributed by atoms with van der Waals surface area (Å²) in [6.07, 6.45) is 3.58. The van der Waals surface area contributed by atoms with E-state index in [-0.39, 0.29) is 6.04 Å². The number of fused-ring (bicyclic) bond motifs is 1. The number of pyridine rings is 1.